The van der Waals surface area contributed by atoms with Gasteiger partial charge in [-0.1, -0.05) is 11.6 Å². The van der Waals surface area contributed by atoms with Gasteiger partial charge in [-0.05, 0) is 56.5 Å². The number of piperazine rings is 1. The van der Waals surface area contributed by atoms with E-state index >= 15 is 0 Å². The van der Waals surface area contributed by atoms with Crippen LogP contribution in [-0.4, -0.2) is 53.1 Å². The highest BCUT2D eigenvalue weighted by Crippen LogP contribution is 2.37. The Hall–Kier alpha value is -1.18. The first kappa shape index (κ1) is 19.2. The maximum absolute atomic E-state index is 10.2. The lowest BCUT2D eigenvalue weighted by Gasteiger charge is -2.33. The molecule has 1 aromatic carbocycles. The van der Waals surface area contributed by atoms with Crippen molar-refractivity contribution in [1.82, 2.24) is 14.8 Å². The molecule has 2 heterocycles. The normalized spacial score (nSPS) is 21.3. The molecule has 0 saturated carbocycles. The SMILES string of the molecule is Cc1c(Nc2nc3c(s2)CCCC3O)ccc(Cl)c1CN1CCN(C)CC1. The summed E-state index contributed by atoms with van der Waals surface area (Å²) in [4.78, 5) is 10.7. The molecule has 0 bridgehead atoms. The second kappa shape index (κ2) is 8.05. The summed E-state index contributed by atoms with van der Waals surface area (Å²) in [6.07, 6.45) is 2.44. The summed E-state index contributed by atoms with van der Waals surface area (Å²) in [5.41, 5.74) is 4.27. The first-order valence-electron chi connectivity index (χ1n) is 9.65. The van der Waals surface area contributed by atoms with E-state index in [1.54, 1.807) is 11.3 Å². The number of likely N-dealkylation sites (N-methyl/N-ethyl adjacent to an activating group) is 1. The molecular weight excluding hydrogens is 380 g/mol. The Balaban J connectivity index is 1.54. The number of thiazole rings is 1. The van der Waals surface area contributed by atoms with Crippen LogP contribution in [0.1, 0.15) is 40.6 Å². The molecule has 27 heavy (non-hydrogen) atoms. The van der Waals surface area contributed by atoms with Crippen molar-refractivity contribution >= 4 is 33.8 Å². The minimum absolute atomic E-state index is 0.417. The van der Waals surface area contributed by atoms with Crippen LogP contribution in [-0.2, 0) is 13.0 Å². The third-order valence-electron chi connectivity index (χ3n) is 5.69. The Kier molecular flexibility index (Phi) is 5.71. The molecule has 1 fully saturated rings. The first-order chi connectivity index (χ1) is 13.0. The number of aryl methyl sites for hydroxylation is 1. The molecule has 1 atom stereocenters. The minimum Gasteiger partial charge on any atom is -0.387 e. The monoisotopic (exact) mass is 406 g/mol. The van der Waals surface area contributed by atoms with E-state index < -0.39 is 6.10 Å². The number of hydrogen-bond acceptors (Lipinski definition) is 6. The topological polar surface area (TPSA) is 51.6 Å². The zero-order valence-electron chi connectivity index (χ0n) is 16.0. The molecular formula is C20H27ClN4OS. The van der Waals surface area contributed by atoms with Crippen LogP contribution >= 0.6 is 22.9 Å². The average molecular weight is 407 g/mol. The Morgan fingerprint density at radius 2 is 2.07 bits per heavy atom. The van der Waals surface area contributed by atoms with Gasteiger partial charge in [0.1, 0.15) is 0 Å². The highest BCUT2D eigenvalue weighted by molar-refractivity contribution is 7.15. The second-order valence-electron chi connectivity index (χ2n) is 7.64. The number of fused-ring (bicyclic) bond motifs is 1. The Morgan fingerprint density at radius 3 is 2.81 bits per heavy atom. The molecule has 0 radical (unpaired) electrons. The molecule has 1 aliphatic carbocycles. The third kappa shape index (κ3) is 4.15. The molecule has 0 spiro atoms. The van der Waals surface area contributed by atoms with Gasteiger partial charge in [0.2, 0.25) is 0 Å². The molecule has 1 unspecified atom stereocenters. The van der Waals surface area contributed by atoms with Crippen molar-refractivity contribution in [3.8, 4) is 0 Å². The lowest BCUT2D eigenvalue weighted by molar-refractivity contribution is 0.148. The number of hydrogen-bond donors (Lipinski definition) is 2. The summed E-state index contributed by atoms with van der Waals surface area (Å²) in [5.74, 6) is 0. The number of nitrogens with zero attached hydrogens (tertiary/aromatic N) is 3. The van der Waals surface area contributed by atoms with E-state index in [4.69, 9.17) is 11.6 Å². The summed E-state index contributed by atoms with van der Waals surface area (Å²) >= 11 is 8.20. The number of nitrogens with one attached hydrogen (secondary N) is 1. The van der Waals surface area contributed by atoms with Crippen molar-refractivity contribution < 1.29 is 5.11 Å². The van der Waals surface area contributed by atoms with Gasteiger partial charge in [-0.2, -0.15) is 0 Å². The van der Waals surface area contributed by atoms with E-state index in [0.717, 1.165) is 73.5 Å². The maximum atomic E-state index is 10.2. The van der Waals surface area contributed by atoms with E-state index in [0.29, 0.717) is 0 Å². The van der Waals surface area contributed by atoms with Crippen LogP contribution in [0.3, 0.4) is 0 Å². The fraction of sp³-hybridized carbons (Fsp3) is 0.550. The molecule has 146 valence electrons. The second-order valence-corrected chi connectivity index (χ2v) is 9.13. The fourth-order valence-electron chi connectivity index (χ4n) is 3.85. The molecule has 7 heteroatoms. The van der Waals surface area contributed by atoms with E-state index in [1.807, 2.05) is 12.1 Å². The lowest BCUT2D eigenvalue weighted by Crippen LogP contribution is -2.44. The molecule has 1 aliphatic heterocycles. The maximum Gasteiger partial charge on any atom is 0.187 e. The van der Waals surface area contributed by atoms with Crippen LogP contribution in [0.2, 0.25) is 5.02 Å². The molecule has 5 nitrogen and oxygen atoms in total. The first-order valence-corrected chi connectivity index (χ1v) is 10.8. The number of halogens is 1. The van der Waals surface area contributed by atoms with Gasteiger partial charge in [-0.15, -0.1) is 11.3 Å². The van der Waals surface area contributed by atoms with Gasteiger partial charge in [0.15, 0.2) is 5.13 Å². The zero-order valence-corrected chi connectivity index (χ0v) is 17.5. The predicted molar refractivity (Wildman–Crippen MR) is 112 cm³/mol. The van der Waals surface area contributed by atoms with Crippen molar-refractivity contribution in [3.63, 3.8) is 0 Å². The van der Waals surface area contributed by atoms with Crippen LogP contribution < -0.4 is 5.32 Å². The molecule has 0 amide bonds. The van der Waals surface area contributed by atoms with Gasteiger partial charge in [-0.25, -0.2) is 4.98 Å². The smallest absolute Gasteiger partial charge is 0.187 e. The summed E-state index contributed by atoms with van der Waals surface area (Å²) in [6.45, 7) is 7.34. The molecule has 1 saturated heterocycles. The van der Waals surface area contributed by atoms with Crippen molar-refractivity contribution in [2.75, 3.05) is 38.5 Å². The van der Waals surface area contributed by atoms with Gasteiger partial charge in [0, 0.05) is 48.3 Å². The van der Waals surface area contributed by atoms with Gasteiger partial charge in [0.05, 0.1) is 11.8 Å². The average Bonchev–Trinajstić information content (AvgIpc) is 3.07. The molecule has 2 aliphatic rings. The zero-order chi connectivity index (χ0) is 19.0. The highest BCUT2D eigenvalue weighted by atomic mass is 35.5. The summed E-state index contributed by atoms with van der Waals surface area (Å²) in [5, 5.41) is 15.3. The number of benzene rings is 1. The van der Waals surface area contributed by atoms with Crippen LogP contribution in [0, 0.1) is 6.92 Å². The van der Waals surface area contributed by atoms with E-state index in [9.17, 15) is 5.11 Å². The summed E-state index contributed by atoms with van der Waals surface area (Å²) < 4.78 is 0. The van der Waals surface area contributed by atoms with Crippen LogP contribution in [0.15, 0.2) is 12.1 Å². The molecule has 2 aromatic rings. The lowest BCUT2D eigenvalue weighted by atomic mass is 10.0. The number of anilines is 2. The van der Waals surface area contributed by atoms with Crippen molar-refractivity contribution in [1.29, 1.82) is 0 Å². The Labute approximate surface area is 170 Å². The Bertz CT molecular complexity index is 817. The predicted octanol–water partition coefficient (Wildman–Crippen LogP) is 3.97. The van der Waals surface area contributed by atoms with Crippen LogP contribution in [0.25, 0.3) is 0 Å². The van der Waals surface area contributed by atoms with Gasteiger partial charge in [-0.3, -0.25) is 4.90 Å². The standard InChI is InChI=1S/C20H27ClN4OS/c1-13-14(12-25-10-8-24(2)9-11-25)15(21)6-7-16(13)22-20-23-19-17(26)4-3-5-18(19)27-20/h6-7,17,26H,3-5,8-12H2,1-2H3,(H,22,23). The number of aromatic nitrogens is 1. The highest BCUT2D eigenvalue weighted by Gasteiger charge is 2.23. The number of aliphatic hydroxyl groups excluding tert-OH is 1. The third-order valence-corrected chi connectivity index (χ3v) is 7.09. The van der Waals surface area contributed by atoms with Gasteiger partial charge >= 0.3 is 0 Å². The summed E-state index contributed by atoms with van der Waals surface area (Å²) in [6, 6.07) is 4.01. The minimum atomic E-state index is -0.417. The largest absolute Gasteiger partial charge is 0.387 e. The van der Waals surface area contributed by atoms with E-state index in [1.165, 1.54) is 16.0 Å². The van der Waals surface area contributed by atoms with Crippen molar-refractivity contribution in [2.24, 2.45) is 0 Å². The van der Waals surface area contributed by atoms with Crippen molar-refractivity contribution in [2.45, 2.75) is 38.8 Å². The summed E-state index contributed by atoms with van der Waals surface area (Å²) in [7, 11) is 2.17. The molecule has 2 N–H and O–H groups in total. The molecule has 4 rings (SSSR count). The van der Waals surface area contributed by atoms with Crippen LogP contribution in [0.4, 0.5) is 10.8 Å². The van der Waals surface area contributed by atoms with Crippen LogP contribution in [0.5, 0.6) is 0 Å². The van der Waals surface area contributed by atoms with Crippen molar-refractivity contribution in [3.05, 3.63) is 38.9 Å². The number of aliphatic hydroxyl groups is 1. The molecule has 1 aromatic heterocycles. The Morgan fingerprint density at radius 1 is 1.30 bits per heavy atom. The van der Waals surface area contributed by atoms with E-state index in [-0.39, 0.29) is 0 Å². The number of rotatable bonds is 4. The fourth-order valence-corrected chi connectivity index (χ4v) is 5.18. The van der Waals surface area contributed by atoms with Gasteiger partial charge < -0.3 is 15.3 Å². The van der Waals surface area contributed by atoms with E-state index in [2.05, 4.69) is 34.1 Å². The van der Waals surface area contributed by atoms with Gasteiger partial charge in [0.25, 0.3) is 0 Å². The quantitative estimate of drug-likeness (QED) is 0.804.